The number of amides is 1. The van der Waals surface area contributed by atoms with Gasteiger partial charge in [0.25, 0.3) is 5.91 Å². The maximum atomic E-state index is 11.7. The number of fused-ring (bicyclic) bond motifs is 1. The number of carbonyl (C=O) groups is 1. The van der Waals surface area contributed by atoms with E-state index in [-0.39, 0.29) is 18.3 Å². The Morgan fingerprint density at radius 3 is 2.94 bits per heavy atom. The molecule has 0 aromatic carbocycles. The summed E-state index contributed by atoms with van der Waals surface area (Å²) in [4.78, 5) is 14.0. The van der Waals surface area contributed by atoms with Crippen LogP contribution in [0.15, 0.2) is 6.07 Å². The van der Waals surface area contributed by atoms with Crippen molar-refractivity contribution < 1.29 is 4.79 Å². The summed E-state index contributed by atoms with van der Waals surface area (Å²) in [5.74, 6) is 0.0737. The van der Waals surface area contributed by atoms with E-state index in [0.717, 1.165) is 24.3 Å². The summed E-state index contributed by atoms with van der Waals surface area (Å²) in [6.07, 6.45) is 3.56. The number of halogens is 1. The molecule has 1 aliphatic carbocycles. The van der Waals surface area contributed by atoms with Crippen LogP contribution in [0.25, 0.3) is 0 Å². The molecule has 0 saturated carbocycles. The number of carbonyl (C=O) groups excluding carboxylic acids is 1. The number of nitrogens with one attached hydrogen (secondary N) is 2. The third-order valence-corrected chi connectivity index (χ3v) is 3.87. The molecule has 2 N–H and O–H groups in total. The van der Waals surface area contributed by atoms with Crippen LogP contribution >= 0.6 is 23.7 Å². The molecule has 1 aliphatic rings. The maximum Gasteiger partial charge on any atom is 0.261 e. The lowest BCUT2D eigenvalue weighted by Crippen LogP contribution is -2.29. The number of hydrogen-bond acceptors (Lipinski definition) is 3. The summed E-state index contributed by atoms with van der Waals surface area (Å²) in [6, 6.07) is 2.06. The van der Waals surface area contributed by atoms with Gasteiger partial charge in [-0.05, 0) is 37.9 Å². The molecule has 16 heavy (non-hydrogen) atoms. The van der Waals surface area contributed by atoms with Crippen molar-refractivity contribution in [1.82, 2.24) is 10.6 Å². The zero-order chi connectivity index (χ0) is 10.7. The largest absolute Gasteiger partial charge is 0.350 e. The molecule has 90 valence electrons. The van der Waals surface area contributed by atoms with E-state index >= 15 is 0 Å². The molecule has 0 saturated heterocycles. The van der Waals surface area contributed by atoms with Gasteiger partial charge in [-0.25, -0.2) is 0 Å². The van der Waals surface area contributed by atoms with Crippen molar-refractivity contribution in [3.63, 3.8) is 0 Å². The van der Waals surface area contributed by atoms with E-state index in [1.54, 1.807) is 11.3 Å². The highest BCUT2D eigenvalue weighted by molar-refractivity contribution is 7.14. The van der Waals surface area contributed by atoms with Gasteiger partial charge in [0.05, 0.1) is 4.88 Å². The number of hydrogen-bond donors (Lipinski definition) is 2. The van der Waals surface area contributed by atoms with Gasteiger partial charge in [-0.2, -0.15) is 0 Å². The van der Waals surface area contributed by atoms with Gasteiger partial charge >= 0.3 is 0 Å². The Morgan fingerprint density at radius 2 is 2.25 bits per heavy atom. The van der Waals surface area contributed by atoms with Crippen LogP contribution in [0.1, 0.15) is 26.5 Å². The second-order valence-corrected chi connectivity index (χ2v) is 4.91. The maximum absolute atomic E-state index is 11.7. The molecule has 1 aromatic heterocycles. The van der Waals surface area contributed by atoms with Crippen LogP contribution < -0.4 is 10.6 Å². The lowest BCUT2D eigenvalue weighted by molar-refractivity contribution is 0.0958. The zero-order valence-electron chi connectivity index (χ0n) is 9.34. The first-order chi connectivity index (χ1) is 7.31. The third kappa shape index (κ3) is 2.97. The predicted octanol–water partition coefficient (Wildman–Crippen LogP) is 1.61. The monoisotopic (exact) mass is 260 g/mol. The topological polar surface area (TPSA) is 41.1 Å². The minimum atomic E-state index is 0. The molecule has 1 heterocycles. The summed E-state index contributed by atoms with van der Waals surface area (Å²) < 4.78 is 0. The highest BCUT2D eigenvalue weighted by Gasteiger charge is 2.17. The normalized spacial score (nSPS) is 13.1. The summed E-state index contributed by atoms with van der Waals surface area (Å²) in [5.41, 5.74) is 1.39. The highest BCUT2D eigenvalue weighted by atomic mass is 35.5. The molecule has 0 bridgehead atoms. The van der Waals surface area contributed by atoms with E-state index in [9.17, 15) is 4.79 Å². The van der Waals surface area contributed by atoms with Gasteiger partial charge in [0.1, 0.15) is 0 Å². The summed E-state index contributed by atoms with van der Waals surface area (Å²) in [7, 11) is 1.88. The molecule has 0 fully saturated rings. The summed E-state index contributed by atoms with van der Waals surface area (Å²) >= 11 is 1.66. The van der Waals surface area contributed by atoms with Gasteiger partial charge in [0.2, 0.25) is 0 Å². The van der Waals surface area contributed by atoms with E-state index in [0.29, 0.717) is 6.54 Å². The molecular weight excluding hydrogens is 244 g/mol. The first-order valence-electron chi connectivity index (χ1n) is 5.35. The first-order valence-corrected chi connectivity index (χ1v) is 6.17. The standard InChI is InChI=1S/C11H16N2OS.ClH/c1-12-5-6-13-11(14)10-7-8-3-2-4-9(8)15-10;/h7,12H,2-6H2,1H3,(H,13,14);1H. The lowest BCUT2D eigenvalue weighted by Gasteiger charge is -2.01. The lowest BCUT2D eigenvalue weighted by atomic mass is 10.2. The average molecular weight is 261 g/mol. The van der Waals surface area contributed by atoms with Gasteiger partial charge in [0.15, 0.2) is 0 Å². The highest BCUT2D eigenvalue weighted by Crippen LogP contribution is 2.30. The average Bonchev–Trinajstić information content (AvgIpc) is 2.76. The molecule has 5 heteroatoms. The minimum Gasteiger partial charge on any atom is -0.350 e. The van der Waals surface area contributed by atoms with Gasteiger partial charge in [-0.3, -0.25) is 4.79 Å². The van der Waals surface area contributed by atoms with Gasteiger partial charge in [-0.1, -0.05) is 0 Å². The van der Waals surface area contributed by atoms with Crippen LogP contribution in [0.4, 0.5) is 0 Å². The van der Waals surface area contributed by atoms with Crippen LogP contribution in [0.2, 0.25) is 0 Å². The van der Waals surface area contributed by atoms with Crippen molar-refractivity contribution in [3.8, 4) is 0 Å². The number of likely N-dealkylation sites (N-methyl/N-ethyl adjacent to an activating group) is 1. The second-order valence-electron chi connectivity index (χ2n) is 3.77. The number of thiophene rings is 1. The van der Waals surface area contributed by atoms with Gasteiger partial charge < -0.3 is 10.6 Å². The molecule has 3 nitrogen and oxygen atoms in total. The van der Waals surface area contributed by atoms with Crippen LogP contribution in [-0.4, -0.2) is 26.0 Å². The van der Waals surface area contributed by atoms with Crippen LogP contribution in [0, 0.1) is 0 Å². The van der Waals surface area contributed by atoms with Crippen molar-refractivity contribution in [2.24, 2.45) is 0 Å². The Hall–Kier alpha value is -0.580. The molecule has 0 aliphatic heterocycles. The molecule has 0 atom stereocenters. The fraction of sp³-hybridized carbons (Fsp3) is 0.545. The zero-order valence-corrected chi connectivity index (χ0v) is 11.0. The quantitative estimate of drug-likeness (QED) is 0.808. The summed E-state index contributed by atoms with van der Waals surface area (Å²) in [5, 5.41) is 5.90. The van der Waals surface area contributed by atoms with Crippen molar-refractivity contribution in [3.05, 3.63) is 21.4 Å². The van der Waals surface area contributed by atoms with Gasteiger partial charge in [-0.15, -0.1) is 23.7 Å². The number of rotatable bonds is 4. The molecule has 0 unspecified atom stereocenters. The Bertz CT molecular complexity index is 343. The summed E-state index contributed by atoms with van der Waals surface area (Å²) in [6.45, 7) is 1.51. The van der Waals surface area contributed by atoms with Gasteiger partial charge in [0, 0.05) is 18.0 Å². The molecule has 1 aromatic rings. The van der Waals surface area contributed by atoms with Crippen LogP contribution in [0.3, 0.4) is 0 Å². The Labute approximate surface area is 106 Å². The smallest absolute Gasteiger partial charge is 0.261 e. The van der Waals surface area contributed by atoms with Crippen LogP contribution in [-0.2, 0) is 12.8 Å². The Kier molecular flexibility index (Phi) is 5.25. The Balaban J connectivity index is 0.00000128. The SMILES string of the molecule is CNCCNC(=O)c1cc2c(s1)CCC2.Cl. The molecule has 0 spiro atoms. The van der Waals surface area contributed by atoms with Crippen LogP contribution in [0.5, 0.6) is 0 Å². The molecule has 0 radical (unpaired) electrons. The number of aryl methyl sites for hydroxylation is 2. The minimum absolute atomic E-state index is 0. The van der Waals surface area contributed by atoms with E-state index < -0.39 is 0 Å². The van der Waals surface area contributed by atoms with E-state index in [1.165, 1.54) is 16.9 Å². The van der Waals surface area contributed by atoms with E-state index in [4.69, 9.17) is 0 Å². The Morgan fingerprint density at radius 1 is 1.44 bits per heavy atom. The molecular formula is C11H17ClN2OS. The first kappa shape index (κ1) is 13.5. The van der Waals surface area contributed by atoms with Crippen molar-refractivity contribution in [2.75, 3.05) is 20.1 Å². The van der Waals surface area contributed by atoms with E-state index in [2.05, 4.69) is 16.7 Å². The fourth-order valence-corrected chi connectivity index (χ4v) is 3.00. The van der Waals surface area contributed by atoms with Crippen molar-refractivity contribution >= 4 is 29.7 Å². The molecule has 2 rings (SSSR count). The van der Waals surface area contributed by atoms with Crippen molar-refractivity contribution in [1.29, 1.82) is 0 Å². The van der Waals surface area contributed by atoms with Crippen molar-refractivity contribution in [2.45, 2.75) is 19.3 Å². The predicted molar refractivity (Wildman–Crippen MR) is 69.9 cm³/mol. The second kappa shape index (κ2) is 6.23. The molecule has 1 amide bonds. The van der Waals surface area contributed by atoms with E-state index in [1.807, 2.05) is 7.05 Å². The third-order valence-electron chi connectivity index (χ3n) is 2.63. The fourth-order valence-electron chi connectivity index (χ4n) is 1.83.